The molecular weight excluding hydrogens is 218 g/mol. The highest BCUT2D eigenvalue weighted by Crippen LogP contribution is 2.14. The molecule has 0 rings (SSSR count). The van der Waals surface area contributed by atoms with Crippen LogP contribution in [0.4, 0.5) is 0 Å². The fourth-order valence-corrected chi connectivity index (χ4v) is 1.32. The fraction of sp³-hybridized carbons (Fsp3) is 0.923. The second kappa shape index (κ2) is 8.48. The van der Waals surface area contributed by atoms with Gasteiger partial charge in [0.05, 0.1) is 12.7 Å². The minimum absolute atomic E-state index is 0.120. The molecule has 0 aromatic rings. The van der Waals surface area contributed by atoms with Crippen LogP contribution in [0.15, 0.2) is 0 Å². The van der Waals surface area contributed by atoms with Crippen LogP contribution in [0.5, 0.6) is 0 Å². The molecule has 17 heavy (non-hydrogen) atoms. The normalized spacial score (nSPS) is 13.5. The third-order valence-electron chi connectivity index (χ3n) is 2.88. The number of methoxy groups -OCH3 is 1. The van der Waals surface area contributed by atoms with Crippen molar-refractivity contribution in [2.24, 2.45) is 0 Å². The van der Waals surface area contributed by atoms with Gasteiger partial charge in [-0.2, -0.15) is 0 Å². The van der Waals surface area contributed by atoms with Crippen LogP contribution in [0.1, 0.15) is 47.0 Å². The third-order valence-corrected chi connectivity index (χ3v) is 2.88. The van der Waals surface area contributed by atoms with E-state index in [-0.39, 0.29) is 17.6 Å². The molecule has 0 heterocycles. The average molecular weight is 245 g/mol. The molecule has 0 saturated carbocycles. The predicted molar refractivity (Wildman–Crippen MR) is 69.0 cm³/mol. The van der Waals surface area contributed by atoms with Gasteiger partial charge in [-0.3, -0.25) is 4.79 Å². The van der Waals surface area contributed by atoms with Crippen molar-refractivity contribution in [1.29, 1.82) is 0 Å². The van der Waals surface area contributed by atoms with E-state index in [0.29, 0.717) is 13.0 Å². The molecule has 102 valence electrons. The van der Waals surface area contributed by atoms with E-state index in [1.165, 1.54) is 7.11 Å². The first kappa shape index (κ1) is 16.4. The number of hydrogen-bond donors (Lipinski definition) is 1. The standard InChI is InChI=1S/C13H27NO3/c1-6-9-14-11(12(15)16-5)8-10-17-13(3,4)7-2/h11,14H,6-10H2,1-5H3. The molecule has 1 atom stereocenters. The Balaban J connectivity index is 4.03. The van der Waals surface area contributed by atoms with Gasteiger partial charge in [-0.05, 0) is 39.7 Å². The van der Waals surface area contributed by atoms with Crippen molar-refractivity contribution in [2.45, 2.75) is 58.6 Å². The molecule has 4 heteroatoms. The second-order valence-corrected chi connectivity index (χ2v) is 4.78. The largest absolute Gasteiger partial charge is 0.468 e. The summed E-state index contributed by atoms with van der Waals surface area (Å²) in [5.74, 6) is -0.212. The van der Waals surface area contributed by atoms with Crippen LogP contribution in [-0.4, -0.2) is 37.9 Å². The monoisotopic (exact) mass is 245 g/mol. The van der Waals surface area contributed by atoms with Crippen LogP contribution in [-0.2, 0) is 14.3 Å². The van der Waals surface area contributed by atoms with Crippen LogP contribution in [0.2, 0.25) is 0 Å². The van der Waals surface area contributed by atoms with Gasteiger partial charge in [0.2, 0.25) is 0 Å². The highest BCUT2D eigenvalue weighted by atomic mass is 16.5. The van der Waals surface area contributed by atoms with Gasteiger partial charge in [0.15, 0.2) is 0 Å². The lowest BCUT2D eigenvalue weighted by molar-refractivity contribution is -0.144. The first-order valence-corrected chi connectivity index (χ1v) is 6.42. The molecular formula is C13H27NO3. The molecule has 0 radical (unpaired) electrons. The molecule has 0 aliphatic heterocycles. The molecule has 0 aliphatic rings. The number of esters is 1. The van der Waals surface area contributed by atoms with Gasteiger partial charge in [0.1, 0.15) is 6.04 Å². The SMILES string of the molecule is CCCNC(CCOC(C)(C)CC)C(=O)OC. The molecule has 0 aromatic carbocycles. The molecule has 0 bridgehead atoms. The van der Waals surface area contributed by atoms with Gasteiger partial charge < -0.3 is 14.8 Å². The Bertz CT molecular complexity index is 217. The zero-order valence-electron chi connectivity index (χ0n) is 11.8. The predicted octanol–water partition coefficient (Wildman–Crippen LogP) is 2.12. The highest BCUT2D eigenvalue weighted by molar-refractivity contribution is 5.75. The summed E-state index contributed by atoms with van der Waals surface area (Å²) in [5.41, 5.74) is -0.120. The molecule has 0 saturated heterocycles. The van der Waals surface area contributed by atoms with Gasteiger partial charge in [0.25, 0.3) is 0 Å². The summed E-state index contributed by atoms with van der Waals surface area (Å²) < 4.78 is 10.5. The van der Waals surface area contributed by atoms with E-state index in [9.17, 15) is 4.79 Å². The van der Waals surface area contributed by atoms with E-state index in [1.54, 1.807) is 0 Å². The minimum Gasteiger partial charge on any atom is -0.468 e. The van der Waals surface area contributed by atoms with E-state index in [4.69, 9.17) is 9.47 Å². The van der Waals surface area contributed by atoms with Gasteiger partial charge in [-0.1, -0.05) is 13.8 Å². The topological polar surface area (TPSA) is 47.6 Å². The van der Waals surface area contributed by atoms with Crippen molar-refractivity contribution in [3.63, 3.8) is 0 Å². The second-order valence-electron chi connectivity index (χ2n) is 4.78. The molecule has 4 nitrogen and oxygen atoms in total. The molecule has 0 aromatic heterocycles. The van der Waals surface area contributed by atoms with Crippen molar-refractivity contribution in [1.82, 2.24) is 5.32 Å². The Morgan fingerprint density at radius 1 is 1.35 bits per heavy atom. The van der Waals surface area contributed by atoms with Crippen LogP contribution in [0.3, 0.4) is 0 Å². The lowest BCUT2D eigenvalue weighted by atomic mass is 10.1. The summed E-state index contributed by atoms with van der Waals surface area (Å²) in [4.78, 5) is 11.5. The zero-order chi connectivity index (χ0) is 13.3. The summed E-state index contributed by atoms with van der Waals surface area (Å²) >= 11 is 0. The molecule has 1 unspecified atom stereocenters. The minimum atomic E-state index is -0.257. The van der Waals surface area contributed by atoms with Crippen LogP contribution in [0.25, 0.3) is 0 Å². The summed E-state index contributed by atoms with van der Waals surface area (Å²) in [6.45, 7) is 9.65. The lowest BCUT2D eigenvalue weighted by Crippen LogP contribution is -2.39. The highest BCUT2D eigenvalue weighted by Gasteiger charge is 2.20. The number of carbonyl (C=O) groups is 1. The van der Waals surface area contributed by atoms with Crippen molar-refractivity contribution >= 4 is 5.97 Å². The van der Waals surface area contributed by atoms with Crippen LogP contribution >= 0.6 is 0 Å². The Labute approximate surface area is 105 Å². The zero-order valence-corrected chi connectivity index (χ0v) is 11.8. The number of carbonyl (C=O) groups excluding carboxylic acids is 1. The van der Waals surface area contributed by atoms with E-state index in [2.05, 4.69) is 33.0 Å². The Hall–Kier alpha value is -0.610. The number of hydrogen-bond acceptors (Lipinski definition) is 4. The molecule has 0 amide bonds. The van der Waals surface area contributed by atoms with Crippen LogP contribution in [0, 0.1) is 0 Å². The maximum atomic E-state index is 11.5. The molecule has 0 fully saturated rings. The van der Waals surface area contributed by atoms with Gasteiger partial charge in [0, 0.05) is 6.61 Å². The number of ether oxygens (including phenoxy) is 2. The summed E-state index contributed by atoms with van der Waals surface area (Å²) in [5, 5.41) is 3.17. The van der Waals surface area contributed by atoms with Crippen molar-refractivity contribution in [2.75, 3.05) is 20.3 Å². The fourth-order valence-electron chi connectivity index (χ4n) is 1.32. The van der Waals surface area contributed by atoms with E-state index in [1.807, 2.05) is 0 Å². The molecule has 0 aliphatic carbocycles. The van der Waals surface area contributed by atoms with Gasteiger partial charge in [-0.25, -0.2) is 0 Å². The van der Waals surface area contributed by atoms with E-state index < -0.39 is 0 Å². The first-order chi connectivity index (χ1) is 7.96. The molecule has 1 N–H and O–H groups in total. The maximum Gasteiger partial charge on any atom is 0.322 e. The summed E-state index contributed by atoms with van der Waals surface area (Å²) in [7, 11) is 1.42. The van der Waals surface area contributed by atoms with Crippen molar-refractivity contribution in [3.8, 4) is 0 Å². The van der Waals surface area contributed by atoms with E-state index in [0.717, 1.165) is 19.4 Å². The van der Waals surface area contributed by atoms with Crippen molar-refractivity contribution in [3.05, 3.63) is 0 Å². The smallest absolute Gasteiger partial charge is 0.322 e. The quantitative estimate of drug-likeness (QED) is 0.632. The Kier molecular flexibility index (Phi) is 8.17. The summed E-state index contributed by atoms with van der Waals surface area (Å²) in [6, 6.07) is -0.257. The number of nitrogens with one attached hydrogen (secondary N) is 1. The van der Waals surface area contributed by atoms with Gasteiger partial charge >= 0.3 is 5.97 Å². The number of rotatable bonds is 9. The van der Waals surface area contributed by atoms with Gasteiger partial charge in [-0.15, -0.1) is 0 Å². The summed E-state index contributed by atoms with van der Waals surface area (Å²) in [6.07, 6.45) is 2.60. The van der Waals surface area contributed by atoms with Crippen molar-refractivity contribution < 1.29 is 14.3 Å². The lowest BCUT2D eigenvalue weighted by Gasteiger charge is -2.25. The van der Waals surface area contributed by atoms with E-state index >= 15 is 0 Å². The first-order valence-electron chi connectivity index (χ1n) is 6.42. The average Bonchev–Trinajstić information content (AvgIpc) is 2.32. The Morgan fingerprint density at radius 2 is 2.00 bits per heavy atom. The van der Waals surface area contributed by atoms with Crippen LogP contribution < -0.4 is 5.32 Å². The Morgan fingerprint density at radius 3 is 2.47 bits per heavy atom. The third kappa shape index (κ3) is 7.34. The maximum absolute atomic E-state index is 11.5. The molecule has 0 spiro atoms.